The first-order valence-electron chi connectivity index (χ1n) is 9.77. The van der Waals surface area contributed by atoms with Crippen LogP contribution in [0.1, 0.15) is 30.0 Å². The van der Waals surface area contributed by atoms with Crippen LogP contribution in [0.4, 0.5) is 5.69 Å². The maximum Gasteiger partial charge on any atom is 0.295 e. The van der Waals surface area contributed by atoms with Crippen molar-refractivity contribution in [2.75, 3.05) is 13.2 Å². The third-order valence-corrected chi connectivity index (χ3v) is 5.76. The first-order chi connectivity index (χ1) is 14.9. The highest BCUT2D eigenvalue weighted by Crippen LogP contribution is 2.43. The number of likely N-dealkylation sites (tertiary alicyclic amines) is 1. The van der Waals surface area contributed by atoms with Crippen LogP contribution in [0.25, 0.3) is 5.76 Å². The van der Waals surface area contributed by atoms with Crippen LogP contribution in [0.2, 0.25) is 5.02 Å². The molecule has 1 amide bonds. The first kappa shape index (κ1) is 21.0. The van der Waals surface area contributed by atoms with Crippen molar-refractivity contribution in [2.24, 2.45) is 0 Å². The molecule has 2 atom stereocenters. The number of ketones is 1. The zero-order chi connectivity index (χ0) is 22.1. The molecular weight excluding hydrogens is 424 g/mol. The molecule has 2 unspecified atom stereocenters. The smallest absolute Gasteiger partial charge is 0.295 e. The van der Waals surface area contributed by atoms with Gasteiger partial charge in [0.05, 0.1) is 28.2 Å². The summed E-state index contributed by atoms with van der Waals surface area (Å²) in [5.41, 5.74) is -0.00308. The van der Waals surface area contributed by atoms with Gasteiger partial charge < -0.3 is 14.7 Å². The highest BCUT2D eigenvalue weighted by molar-refractivity contribution is 6.46. The summed E-state index contributed by atoms with van der Waals surface area (Å²) in [6, 6.07) is 10.9. The topological polar surface area (TPSA) is 110 Å². The number of nitro benzene ring substituents is 1. The zero-order valence-corrected chi connectivity index (χ0v) is 17.1. The maximum absolute atomic E-state index is 13.0. The van der Waals surface area contributed by atoms with E-state index in [0.717, 1.165) is 6.42 Å². The maximum atomic E-state index is 13.0. The van der Waals surface area contributed by atoms with Crippen LogP contribution >= 0.6 is 11.6 Å². The molecule has 0 aromatic heterocycles. The van der Waals surface area contributed by atoms with E-state index in [9.17, 15) is 24.8 Å². The van der Waals surface area contributed by atoms with Crippen LogP contribution in [-0.4, -0.2) is 45.9 Å². The van der Waals surface area contributed by atoms with E-state index in [1.807, 2.05) is 0 Å². The number of aliphatic hydroxyl groups is 1. The number of benzene rings is 2. The van der Waals surface area contributed by atoms with Crippen molar-refractivity contribution in [2.45, 2.75) is 25.0 Å². The summed E-state index contributed by atoms with van der Waals surface area (Å²) in [6.07, 6.45) is 1.26. The van der Waals surface area contributed by atoms with E-state index < -0.39 is 28.4 Å². The Kier molecular flexibility index (Phi) is 5.75. The SMILES string of the molecule is O=C1C(=O)N(CC2CCCO2)C(c2ccccc2[N+](=O)[O-])C1=C(O)c1ccc(Cl)cc1. The summed E-state index contributed by atoms with van der Waals surface area (Å²) in [7, 11) is 0. The molecule has 2 fully saturated rings. The summed E-state index contributed by atoms with van der Waals surface area (Å²) in [4.78, 5) is 38.3. The van der Waals surface area contributed by atoms with Crippen molar-refractivity contribution in [3.8, 4) is 0 Å². The van der Waals surface area contributed by atoms with Gasteiger partial charge in [-0.1, -0.05) is 23.7 Å². The predicted molar refractivity (Wildman–Crippen MR) is 113 cm³/mol. The van der Waals surface area contributed by atoms with Crippen molar-refractivity contribution in [3.05, 3.63) is 80.4 Å². The number of para-hydroxylation sites is 1. The van der Waals surface area contributed by atoms with Gasteiger partial charge in [0.25, 0.3) is 17.4 Å². The van der Waals surface area contributed by atoms with Gasteiger partial charge in [0.1, 0.15) is 5.76 Å². The largest absolute Gasteiger partial charge is 0.507 e. The third kappa shape index (κ3) is 3.92. The molecular formula is C22H19ClN2O6. The predicted octanol–water partition coefficient (Wildman–Crippen LogP) is 3.85. The molecule has 2 saturated heterocycles. The number of carbonyl (C=O) groups is 2. The van der Waals surface area contributed by atoms with Gasteiger partial charge in [-0.3, -0.25) is 19.7 Å². The molecule has 31 heavy (non-hydrogen) atoms. The number of hydrogen-bond acceptors (Lipinski definition) is 6. The van der Waals surface area contributed by atoms with Crippen LogP contribution in [0.5, 0.6) is 0 Å². The number of Topliss-reactive ketones (excluding diaryl/α,β-unsaturated/α-hetero) is 1. The molecule has 0 saturated carbocycles. The van der Waals surface area contributed by atoms with Gasteiger partial charge in [-0.15, -0.1) is 0 Å². The fourth-order valence-electron chi connectivity index (χ4n) is 4.05. The zero-order valence-electron chi connectivity index (χ0n) is 16.4. The number of ether oxygens (including phenoxy) is 1. The third-order valence-electron chi connectivity index (χ3n) is 5.51. The van der Waals surface area contributed by atoms with Crippen LogP contribution in [-0.2, 0) is 14.3 Å². The normalized spacial score (nSPS) is 22.8. The average molecular weight is 443 g/mol. The van der Waals surface area contributed by atoms with Crippen LogP contribution in [0, 0.1) is 10.1 Å². The molecule has 2 aliphatic rings. The number of rotatable bonds is 5. The molecule has 0 bridgehead atoms. The Morgan fingerprint density at radius 1 is 1.19 bits per heavy atom. The minimum absolute atomic E-state index is 0.0959. The number of carbonyl (C=O) groups excluding carboxylic acids is 2. The molecule has 1 N–H and O–H groups in total. The van der Waals surface area contributed by atoms with E-state index in [-0.39, 0.29) is 35.0 Å². The molecule has 160 valence electrons. The fourth-order valence-corrected chi connectivity index (χ4v) is 4.17. The van der Waals surface area contributed by atoms with E-state index in [1.165, 1.54) is 35.2 Å². The van der Waals surface area contributed by atoms with Gasteiger partial charge in [0, 0.05) is 29.8 Å². The van der Waals surface area contributed by atoms with Crippen molar-refractivity contribution in [1.82, 2.24) is 4.90 Å². The highest BCUT2D eigenvalue weighted by Gasteiger charge is 2.48. The molecule has 9 heteroatoms. The summed E-state index contributed by atoms with van der Waals surface area (Å²) < 4.78 is 5.62. The van der Waals surface area contributed by atoms with Gasteiger partial charge in [0.15, 0.2) is 0 Å². The Morgan fingerprint density at radius 2 is 1.90 bits per heavy atom. The Balaban J connectivity index is 1.89. The lowest BCUT2D eigenvalue weighted by atomic mass is 9.94. The molecule has 8 nitrogen and oxygen atoms in total. The van der Waals surface area contributed by atoms with Crippen molar-refractivity contribution in [3.63, 3.8) is 0 Å². The summed E-state index contributed by atoms with van der Waals surface area (Å²) in [6.45, 7) is 0.647. The van der Waals surface area contributed by atoms with Crippen molar-refractivity contribution >= 4 is 34.7 Å². The first-order valence-corrected chi connectivity index (χ1v) is 10.2. The minimum Gasteiger partial charge on any atom is -0.507 e. The van der Waals surface area contributed by atoms with E-state index in [2.05, 4.69) is 0 Å². The number of nitro groups is 1. The Hall–Kier alpha value is -3.23. The van der Waals surface area contributed by atoms with Crippen LogP contribution in [0.3, 0.4) is 0 Å². The van der Waals surface area contributed by atoms with Gasteiger partial charge in [-0.25, -0.2) is 0 Å². The number of hydrogen-bond donors (Lipinski definition) is 1. The number of aliphatic hydroxyl groups excluding tert-OH is 1. The van der Waals surface area contributed by atoms with Gasteiger partial charge in [-0.05, 0) is 43.2 Å². The molecule has 2 aliphatic heterocycles. The molecule has 0 spiro atoms. The second-order valence-electron chi connectivity index (χ2n) is 7.41. The van der Waals surface area contributed by atoms with E-state index in [1.54, 1.807) is 18.2 Å². The molecule has 0 radical (unpaired) electrons. The quantitative estimate of drug-likeness (QED) is 0.247. The van der Waals surface area contributed by atoms with Gasteiger partial charge >= 0.3 is 0 Å². The number of amides is 1. The molecule has 2 aromatic carbocycles. The Labute approximate surface area is 182 Å². The van der Waals surface area contributed by atoms with Crippen LogP contribution in [0.15, 0.2) is 54.1 Å². The second kappa shape index (κ2) is 8.49. The minimum atomic E-state index is -1.11. The van der Waals surface area contributed by atoms with Gasteiger partial charge in [0.2, 0.25) is 0 Å². The average Bonchev–Trinajstić information content (AvgIpc) is 3.36. The second-order valence-corrected chi connectivity index (χ2v) is 7.85. The van der Waals surface area contributed by atoms with E-state index >= 15 is 0 Å². The number of halogens is 1. The Bertz CT molecular complexity index is 1080. The molecule has 2 heterocycles. The summed E-state index contributed by atoms with van der Waals surface area (Å²) in [5, 5.41) is 23.1. The molecule has 2 aromatic rings. The highest BCUT2D eigenvalue weighted by atomic mass is 35.5. The monoisotopic (exact) mass is 442 g/mol. The Morgan fingerprint density at radius 3 is 2.55 bits per heavy atom. The van der Waals surface area contributed by atoms with E-state index in [0.29, 0.717) is 18.1 Å². The fraction of sp³-hybridized carbons (Fsp3) is 0.273. The number of nitrogens with zero attached hydrogens (tertiary/aromatic N) is 2. The standard InChI is InChI=1S/C22H19ClN2O6/c23-14-9-7-13(8-10-14)20(26)18-19(16-5-1-2-6-17(16)25(29)30)24(22(28)21(18)27)12-15-4-3-11-31-15/h1-2,5-10,15,19,26H,3-4,11-12H2. The van der Waals surface area contributed by atoms with E-state index in [4.69, 9.17) is 16.3 Å². The lowest BCUT2D eigenvalue weighted by molar-refractivity contribution is -0.385. The molecule has 0 aliphatic carbocycles. The molecule has 4 rings (SSSR count). The lowest BCUT2D eigenvalue weighted by Crippen LogP contribution is -2.36. The summed E-state index contributed by atoms with van der Waals surface area (Å²) in [5.74, 6) is -2.13. The van der Waals surface area contributed by atoms with Crippen LogP contribution < -0.4 is 0 Å². The van der Waals surface area contributed by atoms with Crippen molar-refractivity contribution in [1.29, 1.82) is 0 Å². The van der Waals surface area contributed by atoms with Crippen molar-refractivity contribution < 1.29 is 24.4 Å². The van der Waals surface area contributed by atoms with Gasteiger partial charge in [-0.2, -0.15) is 0 Å². The lowest BCUT2D eigenvalue weighted by Gasteiger charge is -2.27. The summed E-state index contributed by atoms with van der Waals surface area (Å²) >= 11 is 5.91.